The topological polar surface area (TPSA) is 74.0 Å². The molecule has 0 spiro atoms. The Kier molecular flexibility index (Phi) is 3.39. The van der Waals surface area contributed by atoms with Gasteiger partial charge in [0.1, 0.15) is 11.6 Å². The molecule has 110 valence electrons. The highest BCUT2D eigenvalue weighted by atomic mass is 16.4. The number of nitrogens with zero attached hydrogens (tertiary/aromatic N) is 2. The zero-order valence-corrected chi connectivity index (χ0v) is 11.7. The second-order valence-electron chi connectivity index (χ2n) is 5.27. The molecule has 2 heterocycles. The summed E-state index contributed by atoms with van der Waals surface area (Å²) < 4.78 is 5.56. The molecule has 1 fully saturated rings. The van der Waals surface area contributed by atoms with Crippen molar-refractivity contribution >= 4 is 22.8 Å². The number of Topliss-reactive ketones (excluding diaryl/α,β-unsaturated/α-hetero) is 1. The van der Waals surface area contributed by atoms with Gasteiger partial charge < -0.3 is 14.4 Å². The standard InChI is InChI=1S/C15H16N2O4/c1-16-6-7-17(15(19)20)11(9-16)14(18)13-8-10-4-2-3-5-12(10)21-13/h2-5,8,11H,6-7,9H2,1H3,(H,19,20). The number of ketones is 1. The van der Waals surface area contributed by atoms with Gasteiger partial charge in [0.25, 0.3) is 0 Å². The van der Waals surface area contributed by atoms with E-state index in [0.717, 1.165) is 5.39 Å². The average molecular weight is 288 g/mol. The number of rotatable bonds is 2. The number of benzene rings is 1. The quantitative estimate of drug-likeness (QED) is 0.854. The monoisotopic (exact) mass is 288 g/mol. The van der Waals surface area contributed by atoms with E-state index in [1.165, 1.54) is 4.90 Å². The molecule has 1 aliphatic heterocycles. The van der Waals surface area contributed by atoms with Crippen LogP contribution < -0.4 is 0 Å². The molecule has 1 saturated heterocycles. The molecule has 0 radical (unpaired) electrons. The van der Waals surface area contributed by atoms with Crippen molar-refractivity contribution in [2.24, 2.45) is 0 Å². The van der Waals surface area contributed by atoms with E-state index in [4.69, 9.17) is 4.42 Å². The molecule has 0 saturated carbocycles. The summed E-state index contributed by atoms with van der Waals surface area (Å²) in [5.41, 5.74) is 0.631. The van der Waals surface area contributed by atoms with Crippen LogP contribution in [0.2, 0.25) is 0 Å². The Hall–Kier alpha value is -2.34. The summed E-state index contributed by atoms with van der Waals surface area (Å²) in [7, 11) is 1.87. The number of fused-ring (bicyclic) bond motifs is 1. The Morgan fingerprint density at radius 1 is 1.29 bits per heavy atom. The van der Waals surface area contributed by atoms with Gasteiger partial charge in [-0.1, -0.05) is 18.2 Å². The highest BCUT2D eigenvalue weighted by molar-refractivity contribution is 6.02. The summed E-state index contributed by atoms with van der Waals surface area (Å²) in [6, 6.07) is 8.29. The van der Waals surface area contributed by atoms with Crippen LogP contribution in [0, 0.1) is 0 Å². The number of piperazine rings is 1. The van der Waals surface area contributed by atoms with E-state index in [2.05, 4.69) is 0 Å². The zero-order valence-electron chi connectivity index (χ0n) is 11.7. The van der Waals surface area contributed by atoms with Gasteiger partial charge in [-0.15, -0.1) is 0 Å². The van der Waals surface area contributed by atoms with Gasteiger partial charge >= 0.3 is 6.09 Å². The zero-order chi connectivity index (χ0) is 15.0. The average Bonchev–Trinajstić information content (AvgIpc) is 2.89. The van der Waals surface area contributed by atoms with E-state index >= 15 is 0 Å². The van der Waals surface area contributed by atoms with Gasteiger partial charge in [-0.3, -0.25) is 9.69 Å². The van der Waals surface area contributed by atoms with Crippen LogP contribution in [0.25, 0.3) is 11.0 Å². The molecule has 2 aromatic rings. The van der Waals surface area contributed by atoms with Gasteiger partial charge in [0.15, 0.2) is 5.76 Å². The van der Waals surface area contributed by atoms with Crippen LogP contribution in [0.1, 0.15) is 10.6 Å². The highest BCUT2D eigenvalue weighted by Crippen LogP contribution is 2.22. The number of hydrogen-bond acceptors (Lipinski definition) is 4. The summed E-state index contributed by atoms with van der Waals surface area (Å²) in [6.07, 6.45) is -1.07. The maximum absolute atomic E-state index is 12.6. The molecule has 3 rings (SSSR count). The van der Waals surface area contributed by atoms with Gasteiger partial charge in [0.2, 0.25) is 5.78 Å². The van der Waals surface area contributed by atoms with E-state index in [1.807, 2.05) is 30.1 Å². The molecule has 1 amide bonds. The molecule has 0 bridgehead atoms. The molecular weight excluding hydrogens is 272 g/mol. The van der Waals surface area contributed by atoms with Crippen LogP contribution in [-0.4, -0.2) is 59.5 Å². The second kappa shape index (κ2) is 5.21. The molecule has 1 aromatic carbocycles. The maximum Gasteiger partial charge on any atom is 0.408 e. The first-order chi connectivity index (χ1) is 10.1. The van der Waals surface area contributed by atoms with Crippen molar-refractivity contribution in [3.05, 3.63) is 36.1 Å². The smallest absolute Gasteiger partial charge is 0.408 e. The summed E-state index contributed by atoms with van der Waals surface area (Å²) in [4.78, 5) is 27.0. The third-order valence-corrected chi connectivity index (χ3v) is 3.80. The lowest BCUT2D eigenvalue weighted by molar-refractivity contribution is 0.0563. The number of hydrogen-bond donors (Lipinski definition) is 1. The number of carbonyl (C=O) groups is 2. The lowest BCUT2D eigenvalue weighted by Crippen LogP contribution is -2.56. The minimum absolute atomic E-state index is 0.211. The molecular formula is C15H16N2O4. The minimum atomic E-state index is -1.07. The summed E-state index contributed by atoms with van der Waals surface area (Å²) >= 11 is 0. The first-order valence-corrected chi connectivity index (χ1v) is 6.77. The van der Waals surface area contributed by atoms with Crippen molar-refractivity contribution in [1.82, 2.24) is 9.80 Å². The van der Waals surface area contributed by atoms with Crippen LogP contribution in [0.15, 0.2) is 34.7 Å². The predicted octanol–water partition coefficient (Wildman–Crippen LogP) is 1.91. The summed E-state index contributed by atoms with van der Waals surface area (Å²) in [5, 5.41) is 10.1. The van der Waals surface area contributed by atoms with E-state index in [-0.39, 0.29) is 11.5 Å². The molecule has 1 N–H and O–H groups in total. The first kappa shape index (κ1) is 13.6. The Morgan fingerprint density at radius 2 is 2.05 bits per heavy atom. The van der Waals surface area contributed by atoms with E-state index < -0.39 is 12.1 Å². The molecule has 21 heavy (non-hydrogen) atoms. The fourth-order valence-electron chi connectivity index (χ4n) is 2.64. The Labute approximate surface area is 121 Å². The third kappa shape index (κ3) is 2.50. The normalized spacial score (nSPS) is 19.9. The van der Waals surface area contributed by atoms with Crippen LogP contribution in [0.3, 0.4) is 0 Å². The Balaban J connectivity index is 1.93. The number of likely N-dealkylation sites (N-methyl/N-ethyl adjacent to an activating group) is 1. The summed E-state index contributed by atoms with van der Waals surface area (Å²) in [5.74, 6) is -0.0806. The lowest BCUT2D eigenvalue weighted by Gasteiger charge is -2.36. The van der Waals surface area contributed by atoms with Gasteiger partial charge in [0, 0.05) is 25.0 Å². The van der Waals surface area contributed by atoms with Gasteiger partial charge in [0.05, 0.1) is 0 Å². The molecule has 1 unspecified atom stereocenters. The largest absolute Gasteiger partial charge is 0.465 e. The number of amides is 1. The van der Waals surface area contributed by atoms with Crippen molar-refractivity contribution in [2.75, 3.05) is 26.7 Å². The SMILES string of the molecule is CN1CCN(C(=O)O)C(C(=O)c2cc3ccccc3o2)C1. The maximum atomic E-state index is 12.6. The van der Waals surface area contributed by atoms with Crippen LogP contribution in [0.5, 0.6) is 0 Å². The van der Waals surface area contributed by atoms with E-state index in [9.17, 15) is 14.7 Å². The number of carbonyl (C=O) groups excluding carboxylic acids is 1. The second-order valence-corrected chi connectivity index (χ2v) is 5.27. The molecule has 1 aliphatic rings. The fraction of sp³-hybridized carbons (Fsp3) is 0.333. The van der Waals surface area contributed by atoms with Crippen LogP contribution in [0.4, 0.5) is 4.79 Å². The molecule has 1 atom stereocenters. The van der Waals surface area contributed by atoms with E-state index in [0.29, 0.717) is 25.2 Å². The van der Waals surface area contributed by atoms with Gasteiger partial charge in [-0.2, -0.15) is 0 Å². The fourth-order valence-corrected chi connectivity index (χ4v) is 2.64. The van der Waals surface area contributed by atoms with Crippen LogP contribution in [-0.2, 0) is 0 Å². The van der Waals surface area contributed by atoms with Crippen molar-refractivity contribution < 1.29 is 19.1 Å². The van der Waals surface area contributed by atoms with Crippen molar-refractivity contribution in [3.63, 3.8) is 0 Å². The Bertz CT molecular complexity index is 661. The first-order valence-electron chi connectivity index (χ1n) is 6.77. The van der Waals surface area contributed by atoms with Crippen molar-refractivity contribution in [1.29, 1.82) is 0 Å². The van der Waals surface area contributed by atoms with Crippen molar-refractivity contribution in [3.8, 4) is 0 Å². The number of furan rings is 1. The molecule has 6 heteroatoms. The van der Waals surface area contributed by atoms with E-state index in [1.54, 1.807) is 12.1 Å². The highest BCUT2D eigenvalue weighted by Gasteiger charge is 2.36. The van der Waals surface area contributed by atoms with Gasteiger partial charge in [-0.05, 0) is 19.2 Å². The third-order valence-electron chi connectivity index (χ3n) is 3.80. The van der Waals surface area contributed by atoms with Gasteiger partial charge in [-0.25, -0.2) is 4.79 Å². The lowest BCUT2D eigenvalue weighted by atomic mass is 10.1. The number of para-hydroxylation sites is 1. The molecule has 1 aromatic heterocycles. The van der Waals surface area contributed by atoms with Crippen molar-refractivity contribution in [2.45, 2.75) is 6.04 Å². The molecule has 0 aliphatic carbocycles. The van der Waals surface area contributed by atoms with Crippen LogP contribution >= 0.6 is 0 Å². The Morgan fingerprint density at radius 3 is 2.76 bits per heavy atom. The summed E-state index contributed by atoms with van der Waals surface area (Å²) in [6.45, 7) is 1.32. The predicted molar refractivity (Wildman–Crippen MR) is 76.6 cm³/mol. The molecule has 6 nitrogen and oxygen atoms in total. The number of carboxylic acid groups (broad SMARTS) is 1. The minimum Gasteiger partial charge on any atom is -0.465 e.